The summed E-state index contributed by atoms with van der Waals surface area (Å²) in [5.41, 5.74) is 10.6. The first-order chi connectivity index (χ1) is 20.8. The summed E-state index contributed by atoms with van der Waals surface area (Å²) < 4.78 is -1.07. The third-order valence-corrected chi connectivity index (χ3v) is 8.76. The van der Waals surface area contributed by atoms with E-state index in [-0.39, 0.29) is 31.1 Å². The Bertz CT molecular complexity index is 1140. The van der Waals surface area contributed by atoms with E-state index in [0.29, 0.717) is 0 Å². The highest BCUT2D eigenvalue weighted by Crippen LogP contribution is 2.38. The lowest BCUT2D eigenvalue weighted by Gasteiger charge is -2.33. The summed E-state index contributed by atoms with van der Waals surface area (Å²) in [5, 5.41) is 38.0. The fraction of sp³-hybridized carbons (Fsp3) is 0.625. The Labute approximate surface area is 266 Å². The second-order valence-electron chi connectivity index (χ2n) is 9.97. The number of carboxylic acids is 3. The number of amides is 5. The molecule has 1 saturated heterocycles. The Morgan fingerprint density at radius 1 is 0.956 bits per heavy atom. The number of carbonyl (C=O) groups is 8. The van der Waals surface area contributed by atoms with Crippen molar-refractivity contribution < 1.29 is 53.7 Å². The molecule has 1 aliphatic rings. The van der Waals surface area contributed by atoms with Gasteiger partial charge in [0.1, 0.15) is 24.2 Å². The molecule has 0 aromatic rings. The van der Waals surface area contributed by atoms with Crippen molar-refractivity contribution in [3.05, 3.63) is 0 Å². The van der Waals surface area contributed by atoms with Crippen LogP contribution in [0.25, 0.3) is 0 Å². The van der Waals surface area contributed by atoms with Crippen LogP contribution in [-0.4, -0.2) is 116 Å². The molecule has 0 aliphatic carbocycles. The van der Waals surface area contributed by atoms with Gasteiger partial charge in [-0.1, -0.05) is 21.6 Å². The van der Waals surface area contributed by atoms with Crippen LogP contribution in [0.5, 0.6) is 0 Å². The number of carbonyl (C=O) groups excluding carboxylic acids is 5. The van der Waals surface area contributed by atoms with Crippen LogP contribution in [0.3, 0.4) is 0 Å². The SMILES string of the molecule is CC(=O)N[C@H]1C(=O)N[C@@H](CCCN=C(N)N)C(=O)NCC(=O)N[C@@H](CC(=O)O)C(=O)N[C@H](C(=O)O)CSSC1(C)C.CC(=O)O. The molecular weight excluding hydrogens is 640 g/mol. The summed E-state index contributed by atoms with van der Waals surface area (Å²) in [7, 11) is 2.03. The van der Waals surface area contributed by atoms with Gasteiger partial charge in [-0.3, -0.25) is 38.6 Å². The number of aliphatic carboxylic acids is 3. The molecule has 0 saturated carbocycles. The third kappa shape index (κ3) is 17.6. The standard InChI is InChI=1S/C22H36N8O9S2.C2H4O2/c1-10(31)27-16-19(37)29-11(5-4-6-25-21(23)24)17(35)26-8-14(32)28-12(7-15(33)34)18(36)30-13(20(38)39)9-40-41-22(16,2)3;1-2(3)4/h11-13,16H,4-9H2,1-3H3,(H,26,35)(H,27,31)(H,28,32)(H,29,37)(H,30,36)(H,33,34)(H,38,39)(H4,23,24,25);1H3,(H,3,4)/t11-,12-,13-,16-;/m0./s1. The molecule has 1 aliphatic heterocycles. The zero-order valence-corrected chi connectivity index (χ0v) is 26.7. The van der Waals surface area contributed by atoms with Gasteiger partial charge in [-0.25, -0.2) is 4.79 Å². The molecule has 45 heavy (non-hydrogen) atoms. The molecule has 1 heterocycles. The Hall–Kier alpha value is -4.27. The maximum atomic E-state index is 13.4. The predicted molar refractivity (Wildman–Crippen MR) is 164 cm³/mol. The first-order valence-corrected chi connectivity index (χ1v) is 15.5. The van der Waals surface area contributed by atoms with E-state index in [1.54, 1.807) is 13.8 Å². The molecule has 0 unspecified atom stereocenters. The number of hydrogen-bond donors (Lipinski definition) is 10. The molecular formula is C24H40N8O11S2. The maximum Gasteiger partial charge on any atom is 0.327 e. The second kappa shape index (κ2) is 19.9. The van der Waals surface area contributed by atoms with Gasteiger partial charge < -0.3 is 53.4 Å². The normalized spacial score (nSPS) is 22.8. The zero-order chi connectivity index (χ0) is 34.9. The lowest BCUT2D eigenvalue weighted by molar-refractivity contribution is -0.143. The van der Waals surface area contributed by atoms with E-state index in [0.717, 1.165) is 28.5 Å². The van der Waals surface area contributed by atoms with Gasteiger partial charge in [0.2, 0.25) is 29.5 Å². The number of rotatable bonds is 8. The fourth-order valence-electron chi connectivity index (χ4n) is 3.45. The molecule has 1 fully saturated rings. The molecule has 19 nitrogen and oxygen atoms in total. The van der Waals surface area contributed by atoms with Gasteiger partial charge in [0.05, 0.1) is 13.0 Å². The average molecular weight is 681 g/mol. The Morgan fingerprint density at radius 3 is 2.07 bits per heavy atom. The van der Waals surface area contributed by atoms with Crippen LogP contribution in [0.1, 0.15) is 47.0 Å². The van der Waals surface area contributed by atoms with Crippen LogP contribution >= 0.6 is 21.6 Å². The van der Waals surface area contributed by atoms with Crippen LogP contribution in [0.2, 0.25) is 0 Å². The fourth-order valence-corrected chi connectivity index (χ4v) is 6.26. The average Bonchev–Trinajstić information content (AvgIpc) is 2.89. The van der Waals surface area contributed by atoms with Gasteiger partial charge in [0.15, 0.2) is 5.96 Å². The largest absolute Gasteiger partial charge is 0.481 e. The van der Waals surface area contributed by atoms with Gasteiger partial charge >= 0.3 is 11.9 Å². The minimum atomic E-state index is -1.64. The number of nitrogens with zero attached hydrogens (tertiary/aromatic N) is 1. The smallest absolute Gasteiger partial charge is 0.327 e. The van der Waals surface area contributed by atoms with Crippen molar-refractivity contribution in [2.45, 2.75) is 75.9 Å². The predicted octanol–water partition coefficient (Wildman–Crippen LogP) is -3.06. The van der Waals surface area contributed by atoms with Crippen molar-refractivity contribution >= 4 is 75.0 Å². The molecule has 1 rings (SSSR count). The maximum absolute atomic E-state index is 13.4. The summed E-state index contributed by atoms with van der Waals surface area (Å²) in [6, 6.07) is -5.51. The van der Waals surface area contributed by atoms with Crippen molar-refractivity contribution in [1.29, 1.82) is 0 Å². The van der Waals surface area contributed by atoms with Crippen LogP contribution in [0.4, 0.5) is 0 Å². The van der Waals surface area contributed by atoms with Gasteiger partial charge in [-0.2, -0.15) is 0 Å². The topological polar surface area (TPSA) is 322 Å². The Morgan fingerprint density at radius 2 is 1.56 bits per heavy atom. The van der Waals surface area contributed by atoms with E-state index < -0.39 is 89.3 Å². The van der Waals surface area contributed by atoms with Crippen LogP contribution in [0.15, 0.2) is 4.99 Å². The molecule has 0 bridgehead atoms. The first kappa shape index (κ1) is 40.7. The molecule has 0 aromatic carbocycles. The molecule has 0 spiro atoms. The monoisotopic (exact) mass is 680 g/mol. The van der Waals surface area contributed by atoms with E-state index in [1.165, 1.54) is 6.92 Å². The Kier molecular flexibility index (Phi) is 18.0. The minimum Gasteiger partial charge on any atom is -0.481 e. The van der Waals surface area contributed by atoms with Gasteiger partial charge in [0, 0.05) is 30.9 Å². The van der Waals surface area contributed by atoms with Crippen LogP contribution < -0.4 is 38.1 Å². The molecule has 12 N–H and O–H groups in total. The zero-order valence-electron chi connectivity index (χ0n) is 25.1. The highest BCUT2D eigenvalue weighted by atomic mass is 33.1. The van der Waals surface area contributed by atoms with E-state index in [9.17, 15) is 43.8 Å². The molecule has 21 heteroatoms. The van der Waals surface area contributed by atoms with Gasteiger partial charge in [-0.05, 0) is 26.7 Å². The summed E-state index contributed by atoms with van der Waals surface area (Å²) in [6.07, 6.45) is -0.567. The lowest BCUT2D eigenvalue weighted by Crippen LogP contribution is -2.59. The molecule has 0 aromatic heterocycles. The van der Waals surface area contributed by atoms with E-state index in [4.69, 9.17) is 21.4 Å². The summed E-state index contributed by atoms with van der Waals surface area (Å²) in [4.78, 5) is 99.4. The van der Waals surface area contributed by atoms with Crippen molar-refractivity contribution in [1.82, 2.24) is 26.6 Å². The van der Waals surface area contributed by atoms with E-state index in [2.05, 4.69) is 31.6 Å². The summed E-state index contributed by atoms with van der Waals surface area (Å²) >= 11 is 0. The number of nitrogens with two attached hydrogens (primary N) is 2. The number of carboxylic acid groups (broad SMARTS) is 3. The highest BCUT2D eigenvalue weighted by Gasteiger charge is 2.39. The van der Waals surface area contributed by atoms with E-state index >= 15 is 0 Å². The van der Waals surface area contributed by atoms with Crippen LogP contribution in [0, 0.1) is 0 Å². The van der Waals surface area contributed by atoms with E-state index in [1.807, 2.05) is 0 Å². The third-order valence-electron chi connectivity index (χ3n) is 5.46. The lowest BCUT2D eigenvalue weighted by atomic mass is 10.0. The summed E-state index contributed by atoms with van der Waals surface area (Å²) in [5.74, 6) is -8.13. The molecule has 0 radical (unpaired) electrons. The van der Waals surface area contributed by atoms with Gasteiger partial charge in [-0.15, -0.1) is 0 Å². The first-order valence-electron chi connectivity index (χ1n) is 13.2. The number of aliphatic imine (C=N–C) groups is 1. The number of hydrogen-bond acceptors (Lipinski definition) is 11. The molecule has 5 amide bonds. The number of guanidine groups is 1. The quantitative estimate of drug-likeness (QED) is 0.0526. The molecule has 4 atom stereocenters. The highest BCUT2D eigenvalue weighted by molar-refractivity contribution is 8.77. The van der Waals surface area contributed by atoms with Crippen LogP contribution in [-0.2, 0) is 38.4 Å². The second-order valence-corrected chi connectivity index (χ2v) is 13.0. The summed E-state index contributed by atoms with van der Waals surface area (Å²) in [6.45, 7) is 4.95. The van der Waals surface area contributed by atoms with Crippen molar-refractivity contribution in [3.8, 4) is 0 Å². The van der Waals surface area contributed by atoms with Crippen molar-refractivity contribution in [2.24, 2.45) is 16.5 Å². The van der Waals surface area contributed by atoms with Crippen molar-refractivity contribution in [3.63, 3.8) is 0 Å². The minimum absolute atomic E-state index is 0.0371. The number of nitrogens with one attached hydrogen (secondary N) is 5. The Balaban J connectivity index is 0.00000454. The molecule has 254 valence electrons. The van der Waals surface area contributed by atoms with Gasteiger partial charge in [0.25, 0.3) is 5.97 Å². The van der Waals surface area contributed by atoms with Crippen molar-refractivity contribution in [2.75, 3.05) is 18.8 Å².